The molecule has 1 aromatic heterocycles. The highest BCUT2D eigenvalue weighted by Crippen LogP contribution is 2.34. The Morgan fingerprint density at radius 3 is 3.11 bits per heavy atom. The largest absolute Gasteiger partial charge is 0.335 e. The molecule has 0 spiro atoms. The van der Waals surface area contributed by atoms with Crippen molar-refractivity contribution in [1.29, 1.82) is 0 Å². The summed E-state index contributed by atoms with van der Waals surface area (Å²) >= 11 is 1.82. The van der Waals surface area contributed by atoms with Crippen LogP contribution in [0.2, 0.25) is 0 Å². The first-order valence-corrected chi connectivity index (χ1v) is 7.23. The zero-order chi connectivity index (χ0) is 11.8. The maximum Gasteiger partial charge on any atom is 0.227 e. The van der Waals surface area contributed by atoms with Crippen molar-refractivity contribution >= 4 is 29.7 Å². The Hall–Kier alpha value is -0.580. The molecule has 0 radical (unpaired) electrons. The maximum absolute atomic E-state index is 12.4. The molecule has 100 valence electrons. The van der Waals surface area contributed by atoms with Crippen molar-refractivity contribution in [1.82, 2.24) is 10.2 Å². The van der Waals surface area contributed by atoms with E-state index < -0.39 is 0 Å². The van der Waals surface area contributed by atoms with E-state index in [1.165, 1.54) is 10.4 Å². The lowest BCUT2D eigenvalue weighted by molar-refractivity contribution is -0.137. The summed E-state index contributed by atoms with van der Waals surface area (Å²) in [5, 5.41) is 5.42. The fourth-order valence-corrected chi connectivity index (χ4v) is 3.87. The molecule has 2 aliphatic heterocycles. The van der Waals surface area contributed by atoms with Gasteiger partial charge in [-0.3, -0.25) is 4.79 Å². The third-order valence-corrected chi connectivity index (χ3v) is 4.97. The smallest absolute Gasteiger partial charge is 0.227 e. The number of thiophene rings is 1. The summed E-state index contributed by atoms with van der Waals surface area (Å²) in [4.78, 5) is 16.0. The number of amides is 1. The molecule has 5 heteroatoms. The molecule has 2 atom stereocenters. The van der Waals surface area contributed by atoms with Crippen LogP contribution in [0, 0.1) is 5.92 Å². The van der Waals surface area contributed by atoms with Crippen LogP contribution < -0.4 is 5.32 Å². The average Bonchev–Trinajstić information content (AvgIpc) is 3.00. The third-order valence-electron chi connectivity index (χ3n) is 3.97. The summed E-state index contributed by atoms with van der Waals surface area (Å²) in [7, 11) is 0. The summed E-state index contributed by atoms with van der Waals surface area (Å²) in [6.45, 7) is 4.90. The Bertz CT molecular complexity index is 428. The number of hydrogen-bond donors (Lipinski definition) is 1. The second kappa shape index (κ2) is 5.59. The number of carbonyl (C=O) groups excluding carboxylic acids is 1. The molecule has 2 aliphatic rings. The summed E-state index contributed by atoms with van der Waals surface area (Å²) in [5.41, 5.74) is 1.36. The molecule has 3 nitrogen and oxygen atoms in total. The zero-order valence-electron chi connectivity index (χ0n) is 10.5. The number of rotatable bonds is 1. The Morgan fingerprint density at radius 1 is 1.56 bits per heavy atom. The third kappa shape index (κ3) is 2.29. The normalized spacial score (nSPS) is 26.6. The SMILES string of the molecule is CC1c2ccsc2CCN1C(=O)C1CCNC1.Cl. The van der Waals surface area contributed by atoms with Gasteiger partial charge in [0.1, 0.15) is 0 Å². The van der Waals surface area contributed by atoms with Crippen LogP contribution in [-0.2, 0) is 11.2 Å². The minimum Gasteiger partial charge on any atom is -0.335 e. The van der Waals surface area contributed by atoms with Gasteiger partial charge in [-0.2, -0.15) is 0 Å². The summed E-state index contributed by atoms with van der Waals surface area (Å²) < 4.78 is 0. The molecule has 0 aliphatic carbocycles. The predicted molar refractivity (Wildman–Crippen MR) is 76.4 cm³/mol. The van der Waals surface area contributed by atoms with Crippen LogP contribution in [-0.4, -0.2) is 30.4 Å². The molecule has 0 bridgehead atoms. The van der Waals surface area contributed by atoms with Crippen molar-refractivity contribution in [3.05, 3.63) is 21.9 Å². The summed E-state index contributed by atoms with van der Waals surface area (Å²) in [6, 6.07) is 2.44. The number of nitrogens with one attached hydrogen (secondary N) is 1. The van der Waals surface area contributed by atoms with Gasteiger partial charge >= 0.3 is 0 Å². The van der Waals surface area contributed by atoms with Gasteiger partial charge in [-0.1, -0.05) is 0 Å². The van der Waals surface area contributed by atoms with E-state index in [1.807, 2.05) is 11.3 Å². The summed E-state index contributed by atoms with van der Waals surface area (Å²) in [6.07, 6.45) is 2.03. The second-order valence-corrected chi connectivity index (χ2v) is 5.95. The summed E-state index contributed by atoms with van der Waals surface area (Å²) in [5.74, 6) is 0.553. The molecule has 1 saturated heterocycles. The molecular weight excluding hydrogens is 268 g/mol. The number of hydrogen-bond acceptors (Lipinski definition) is 3. The molecule has 1 aromatic rings. The van der Waals surface area contributed by atoms with Crippen molar-refractivity contribution in [2.24, 2.45) is 5.92 Å². The molecule has 1 fully saturated rings. The highest BCUT2D eigenvalue weighted by atomic mass is 35.5. The van der Waals surface area contributed by atoms with Crippen molar-refractivity contribution in [3.8, 4) is 0 Å². The maximum atomic E-state index is 12.4. The fraction of sp³-hybridized carbons (Fsp3) is 0.615. The first kappa shape index (κ1) is 13.8. The quantitative estimate of drug-likeness (QED) is 0.859. The van der Waals surface area contributed by atoms with E-state index in [1.54, 1.807) is 0 Å². The van der Waals surface area contributed by atoms with Crippen LogP contribution in [0.25, 0.3) is 0 Å². The van der Waals surface area contributed by atoms with Crippen molar-refractivity contribution in [2.75, 3.05) is 19.6 Å². The average molecular weight is 287 g/mol. The van der Waals surface area contributed by atoms with Gasteiger partial charge in [0.15, 0.2) is 0 Å². The number of halogens is 1. The minimum absolute atomic E-state index is 0. The molecule has 18 heavy (non-hydrogen) atoms. The second-order valence-electron chi connectivity index (χ2n) is 4.95. The van der Waals surface area contributed by atoms with Crippen LogP contribution >= 0.6 is 23.7 Å². The molecule has 0 aromatic carbocycles. The van der Waals surface area contributed by atoms with Crippen LogP contribution in [0.1, 0.15) is 29.8 Å². The Balaban J connectivity index is 0.00000120. The van der Waals surface area contributed by atoms with Gasteiger partial charge in [0, 0.05) is 18.0 Å². The van der Waals surface area contributed by atoms with Crippen LogP contribution in [0.4, 0.5) is 0 Å². The molecule has 3 heterocycles. The molecule has 3 rings (SSSR count). The number of fused-ring (bicyclic) bond motifs is 1. The van der Waals surface area contributed by atoms with Crippen LogP contribution in [0.5, 0.6) is 0 Å². The van der Waals surface area contributed by atoms with E-state index in [0.717, 1.165) is 32.5 Å². The van der Waals surface area contributed by atoms with Gasteiger partial charge < -0.3 is 10.2 Å². The molecule has 2 unspecified atom stereocenters. The zero-order valence-corrected chi connectivity index (χ0v) is 12.1. The topological polar surface area (TPSA) is 32.3 Å². The van der Waals surface area contributed by atoms with Crippen molar-refractivity contribution < 1.29 is 4.79 Å². The monoisotopic (exact) mass is 286 g/mol. The highest BCUT2D eigenvalue weighted by Gasteiger charge is 2.33. The van der Waals surface area contributed by atoms with Crippen LogP contribution in [0.15, 0.2) is 11.4 Å². The van der Waals surface area contributed by atoms with Crippen LogP contribution in [0.3, 0.4) is 0 Å². The highest BCUT2D eigenvalue weighted by molar-refractivity contribution is 7.10. The molecular formula is C13H19ClN2OS. The Labute approximate surface area is 118 Å². The van der Waals surface area contributed by atoms with Gasteiger partial charge in [0.25, 0.3) is 0 Å². The molecule has 0 saturated carbocycles. The minimum atomic E-state index is 0. The van der Waals surface area contributed by atoms with Crippen molar-refractivity contribution in [3.63, 3.8) is 0 Å². The first-order chi connectivity index (χ1) is 8.27. The van der Waals surface area contributed by atoms with Gasteiger partial charge in [0.05, 0.1) is 12.0 Å². The molecule has 1 amide bonds. The predicted octanol–water partition coefficient (Wildman–Crippen LogP) is 2.23. The van der Waals surface area contributed by atoms with E-state index >= 15 is 0 Å². The Morgan fingerprint density at radius 2 is 2.39 bits per heavy atom. The van der Waals surface area contributed by atoms with E-state index in [9.17, 15) is 4.79 Å². The Kier molecular flexibility index (Phi) is 4.30. The van der Waals surface area contributed by atoms with E-state index in [2.05, 4.69) is 28.6 Å². The lowest BCUT2D eigenvalue weighted by Crippen LogP contribution is -2.42. The van der Waals surface area contributed by atoms with Gasteiger partial charge in [-0.25, -0.2) is 0 Å². The first-order valence-electron chi connectivity index (χ1n) is 6.35. The lowest BCUT2D eigenvalue weighted by atomic mass is 9.98. The van der Waals surface area contributed by atoms with E-state index in [4.69, 9.17) is 0 Å². The van der Waals surface area contributed by atoms with Gasteiger partial charge in [-0.05, 0) is 43.3 Å². The number of nitrogens with zero attached hydrogens (tertiary/aromatic N) is 1. The van der Waals surface area contributed by atoms with E-state index in [-0.39, 0.29) is 24.4 Å². The van der Waals surface area contributed by atoms with Crippen molar-refractivity contribution in [2.45, 2.75) is 25.8 Å². The fourth-order valence-electron chi connectivity index (χ4n) is 2.91. The van der Waals surface area contributed by atoms with Gasteiger partial charge in [-0.15, -0.1) is 23.7 Å². The standard InChI is InChI=1S/C13H18N2OS.ClH/c1-9-11-4-7-17-12(11)3-6-15(9)13(16)10-2-5-14-8-10;/h4,7,9-10,14H,2-3,5-6,8H2,1H3;1H. The molecule has 1 N–H and O–H groups in total. The van der Waals surface area contributed by atoms with Gasteiger partial charge in [0.2, 0.25) is 5.91 Å². The number of carbonyl (C=O) groups is 1. The van der Waals surface area contributed by atoms with E-state index in [0.29, 0.717) is 5.91 Å². The lowest BCUT2D eigenvalue weighted by Gasteiger charge is -2.35.